The van der Waals surface area contributed by atoms with Crippen molar-refractivity contribution >= 4 is 57.3 Å². The van der Waals surface area contributed by atoms with Crippen molar-refractivity contribution in [1.82, 2.24) is 10.2 Å². The van der Waals surface area contributed by atoms with Crippen LogP contribution in [0.5, 0.6) is 5.75 Å². The number of carbonyl (C=O) groups is 1. The second-order valence-electron chi connectivity index (χ2n) is 5.71. The quantitative estimate of drug-likeness (QED) is 0.353. The molecule has 0 radical (unpaired) electrons. The standard InChI is InChI=1S/C18H17ClN6O2S/c1-9(26)22-10-3-6-15(27-2)11(7-10)17-24-25-18(28-17)23-14-5-4-13(21)12(8-20)16(14)19/h3-8,20H,21H2,1-2H3,(H,22,26)(H,23,25). The van der Waals surface area contributed by atoms with Crippen molar-refractivity contribution in [2.75, 3.05) is 23.5 Å². The molecule has 2 aromatic carbocycles. The van der Waals surface area contributed by atoms with E-state index in [1.165, 1.54) is 18.3 Å². The lowest BCUT2D eigenvalue weighted by Crippen LogP contribution is -2.05. The van der Waals surface area contributed by atoms with Crippen molar-refractivity contribution in [3.63, 3.8) is 0 Å². The molecule has 1 aromatic heterocycles. The van der Waals surface area contributed by atoms with Crippen LogP contribution in [0.25, 0.3) is 10.6 Å². The van der Waals surface area contributed by atoms with E-state index in [0.29, 0.717) is 49.1 Å². The van der Waals surface area contributed by atoms with E-state index in [9.17, 15) is 4.79 Å². The van der Waals surface area contributed by atoms with Crippen LogP contribution >= 0.6 is 22.9 Å². The van der Waals surface area contributed by atoms with Gasteiger partial charge in [-0.3, -0.25) is 4.79 Å². The summed E-state index contributed by atoms with van der Waals surface area (Å²) >= 11 is 7.60. The highest BCUT2D eigenvalue weighted by Crippen LogP contribution is 2.37. The Morgan fingerprint density at radius 3 is 2.79 bits per heavy atom. The summed E-state index contributed by atoms with van der Waals surface area (Å²) in [6, 6.07) is 8.65. The summed E-state index contributed by atoms with van der Waals surface area (Å²) in [4.78, 5) is 11.3. The third-order valence-corrected chi connectivity index (χ3v) is 5.05. The summed E-state index contributed by atoms with van der Waals surface area (Å²) in [6.07, 6.45) is 1.10. The fourth-order valence-corrected chi connectivity index (χ4v) is 3.56. The highest BCUT2D eigenvalue weighted by molar-refractivity contribution is 7.18. The van der Waals surface area contributed by atoms with Gasteiger partial charge in [-0.25, -0.2) is 0 Å². The number of methoxy groups -OCH3 is 1. The number of hydrogen-bond acceptors (Lipinski definition) is 8. The van der Waals surface area contributed by atoms with Crippen LogP contribution in [-0.2, 0) is 4.79 Å². The van der Waals surface area contributed by atoms with Crippen LogP contribution in [0, 0.1) is 5.41 Å². The van der Waals surface area contributed by atoms with Gasteiger partial charge in [0.15, 0.2) is 5.01 Å². The first-order chi connectivity index (χ1) is 13.4. The number of halogens is 1. The maximum absolute atomic E-state index is 11.3. The van der Waals surface area contributed by atoms with Crippen molar-refractivity contribution < 1.29 is 9.53 Å². The zero-order valence-electron chi connectivity index (χ0n) is 15.0. The van der Waals surface area contributed by atoms with Crippen LogP contribution in [0.2, 0.25) is 5.02 Å². The van der Waals surface area contributed by atoms with Gasteiger partial charge in [0.2, 0.25) is 11.0 Å². The average molecular weight is 417 g/mol. The van der Waals surface area contributed by atoms with Gasteiger partial charge < -0.3 is 26.5 Å². The molecule has 0 spiro atoms. The van der Waals surface area contributed by atoms with Gasteiger partial charge in [0.05, 0.1) is 23.4 Å². The maximum Gasteiger partial charge on any atom is 0.221 e. The topological polar surface area (TPSA) is 126 Å². The summed E-state index contributed by atoms with van der Waals surface area (Å²) < 4.78 is 5.40. The SMILES string of the molecule is COc1ccc(NC(C)=O)cc1-c1nnc(Nc2ccc(N)c(C=N)c2Cl)s1. The Morgan fingerprint density at radius 1 is 1.32 bits per heavy atom. The molecular weight excluding hydrogens is 400 g/mol. The van der Waals surface area contributed by atoms with E-state index >= 15 is 0 Å². The van der Waals surface area contributed by atoms with E-state index < -0.39 is 0 Å². The average Bonchev–Trinajstić information content (AvgIpc) is 3.12. The molecule has 144 valence electrons. The zero-order chi connectivity index (χ0) is 20.3. The van der Waals surface area contributed by atoms with E-state index in [-0.39, 0.29) is 5.91 Å². The molecule has 3 rings (SSSR count). The molecule has 0 unspecified atom stereocenters. The summed E-state index contributed by atoms with van der Waals surface area (Å²) in [5, 5.41) is 23.1. The molecule has 0 aliphatic rings. The van der Waals surface area contributed by atoms with Gasteiger partial charge in [-0.2, -0.15) is 0 Å². The molecule has 0 saturated heterocycles. The number of nitrogens with one attached hydrogen (secondary N) is 3. The molecule has 0 aliphatic heterocycles. The monoisotopic (exact) mass is 416 g/mol. The van der Waals surface area contributed by atoms with E-state index in [1.807, 2.05) is 0 Å². The number of benzene rings is 2. The lowest BCUT2D eigenvalue weighted by atomic mass is 10.1. The number of nitrogens with two attached hydrogens (primary N) is 1. The lowest BCUT2D eigenvalue weighted by Gasteiger charge is -2.09. The molecule has 1 heterocycles. The number of nitrogens with zero attached hydrogens (tertiary/aromatic N) is 2. The van der Waals surface area contributed by atoms with Crippen LogP contribution in [0.3, 0.4) is 0 Å². The highest BCUT2D eigenvalue weighted by Gasteiger charge is 2.15. The number of carbonyl (C=O) groups excluding carboxylic acids is 1. The van der Waals surface area contributed by atoms with E-state index in [0.717, 1.165) is 6.21 Å². The van der Waals surface area contributed by atoms with Crippen molar-refractivity contribution in [2.24, 2.45) is 0 Å². The van der Waals surface area contributed by atoms with Crippen LogP contribution in [0.1, 0.15) is 12.5 Å². The first kappa shape index (κ1) is 19.6. The second-order valence-corrected chi connectivity index (χ2v) is 7.06. The first-order valence-corrected chi connectivity index (χ1v) is 9.27. The van der Waals surface area contributed by atoms with Crippen LogP contribution < -0.4 is 21.1 Å². The minimum absolute atomic E-state index is 0.171. The molecule has 0 fully saturated rings. The van der Waals surface area contributed by atoms with Crippen LogP contribution in [0.15, 0.2) is 30.3 Å². The molecule has 0 bridgehead atoms. The smallest absolute Gasteiger partial charge is 0.221 e. The van der Waals surface area contributed by atoms with Crippen molar-refractivity contribution in [3.8, 4) is 16.3 Å². The summed E-state index contributed by atoms with van der Waals surface area (Å²) in [6.45, 7) is 1.44. The van der Waals surface area contributed by atoms with Gasteiger partial charge in [-0.15, -0.1) is 10.2 Å². The minimum atomic E-state index is -0.171. The predicted molar refractivity (Wildman–Crippen MR) is 113 cm³/mol. The highest BCUT2D eigenvalue weighted by atomic mass is 35.5. The van der Waals surface area contributed by atoms with Crippen LogP contribution in [0.4, 0.5) is 22.2 Å². The number of hydrogen-bond donors (Lipinski definition) is 4. The molecule has 3 aromatic rings. The van der Waals surface area contributed by atoms with Crippen molar-refractivity contribution in [2.45, 2.75) is 6.92 Å². The summed E-state index contributed by atoms with van der Waals surface area (Å²) in [7, 11) is 1.56. The summed E-state index contributed by atoms with van der Waals surface area (Å²) in [5.74, 6) is 0.434. The van der Waals surface area contributed by atoms with Gasteiger partial charge in [-0.1, -0.05) is 22.9 Å². The number of rotatable bonds is 6. The Bertz CT molecular complexity index is 1050. The Hall–Kier alpha value is -3.17. The Kier molecular flexibility index (Phi) is 5.76. The number of aromatic nitrogens is 2. The lowest BCUT2D eigenvalue weighted by molar-refractivity contribution is -0.114. The number of amides is 1. The molecule has 5 N–H and O–H groups in total. The summed E-state index contributed by atoms with van der Waals surface area (Å²) in [5.41, 5.74) is 8.57. The largest absolute Gasteiger partial charge is 0.496 e. The van der Waals surface area contributed by atoms with E-state index in [2.05, 4.69) is 20.8 Å². The van der Waals surface area contributed by atoms with Gasteiger partial charge in [0, 0.05) is 30.1 Å². The fourth-order valence-electron chi connectivity index (χ4n) is 2.51. The zero-order valence-corrected chi connectivity index (χ0v) is 16.6. The molecule has 1 amide bonds. The number of ether oxygens (including phenoxy) is 1. The first-order valence-electron chi connectivity index (χ1n) is 8.08. The molecule has 8 nitrogen and oxygen atoms in total. The normalized spacial score (nSPS) is 10.4. The molecule has 0 atom stereocenters. The van der Waals surface area contributed by atoms with Crippen molar-refractivity contribution in [1.29, 1.82) is 5.41 Å². The van der Waals surface area contributed by atoms with E-state index in [1.54, 1.807) is 37.4 Å². The van der Waals surface area contributed by atoms with Gasteiger partial charge in [0.1, 0.15) is 5.75 Å². The predicted octanol–water partition coefficient (Wildman–Crippen LogP) is 4.15. The van der Waals surface area contributed by atoms with Gasteiger partial charge in [0.25, 0.3) is 0 Å². The Morgan fingerprint density at radius 2 is 2.11 bits per heavy atom. The molecule has 10 heteroatoms. The maximum atomic E-state index is 11.3. The third-order valence-electron chi connectivity index (χ3n) is 3.77. The number of anilines is 4. The second kappa shape index (κ2) is 8.24. The van der Waals surface area contributed by atoms with Crippen LogP contribution in [-0.4, -0.2) is 29.4 Å². The van der Waals surface area contributed by atoms with Gasteiger partial charge >= 0.3 is 0 Å². The number of nitrogen functional groups attached to an aromatic ring is 1. The Balaban J connectivity index is 1.93. The molecular formula is C18H17ClN6O2S. The van der Waals surface area contributed by atoms with Gasteiger partial charge in [-0.05, 0) is 30.3 Å². The molecule has 0 aliphatic carbocycles. The molecule has 0 saturated carbocycles. The minimum Gasteiger partial charge on any atom is -0.496 e. The van der Waals surface area contributed by atoms with Crippen molar-refractivity contribution in [3.05, 3.63) is 40.9 Å². The Labute approximate surface area is 170 Å². The fraction of sp³-hybridized carbons (Fsp3) is 0.111. The third kappa shape index (κ3) is 4.05. The van der Waals surface area contributed by atoms with E-state index in [4.69, 9.17) is 27.5 Å². The molecule has 28 heavy (non-hydrogen) atoms.